The van der Waals surface area contributed by atoms with E-state index >= 15 is 0 Å². The van der Waals surface area contributed by atoms with Crippen LogP contribution >= 0.6 is 0 Å². The number of aliphatic carboxylic acids is 1. The third-order valence-electron chi connectivity index (χ3n) is 12.3. The summed E-state index contributed by atoms with van der Waals surface area (Å²) in [5, 5.41) is 39.9. The van der Waals surface area contributed by atoms with E-state index in [4.69, 9.17) is 18.9 Å². The molecule has 1 aliphatic rings. The van der Waals surface area contributed by atoms with E-state index in [9.17, 15) is 34.8 Å². The Kier molecular flexibility index (Phi) is 40.4. The molecule has 0 aromatic heterocycles. The Morgan fingerprint density at radius 1 is 0.484 bits per heavy atom. The summed E-state index contributed by atoms with van der Waals surface area (Å²) < 4.78 is 21.8. The van der Waals surface area contributed by atoms with E-state index in [1.165, 1.54) is 141 Å². The van der Waals surface area contributed by atoms with Gasteiger partial charge in [-0.3, -0.25) is 9.59 Å². The van der Waals surface area contributed by atoms with E-state index in [2.05, 4.69) is 38.2 Å². The van der Waals surface area contributed by atoms with Gasteiger partial charge < -0.3 is 39.4 Å². The highest BCUT2D eigenvalue weighted by molar-refractivity contribution is 5.73. The van der Waals surface area contributed by atoms with Gasteiger partial charge in [-0.1, -0.05) is 212 Å². The summed E-state index contributed by atoms with van der Waals surface area (Å²) in [4.78, 5) is 37.0. The monoisotopic (exact) mass is 909 g/mol. The zero-order valence-electron chi connectivity index (χ0n) is 40.8. The molecule has 1 aliphatic heterocycles. The molecule has 0 aromatic rings. The zero-order valence-corrected chi connectivity index (χ0v) is 40.8. The molecule has 64 heavy (non-hydrogen) atoms. The van der Waals surface area contributed by atoms with E-state index in [0.29, 0.717) is 12.8 Å². The van der Waals surface area contributed by atoms with Gasteiger partial charge in [-0.2, -0.15) is 0 Å². The van der Waals surface area contributed by atoms with Gasteiger partial charge in [0.2, 0.25) is 0 Å². The quantitative estimate of drug-likeness (QED) is 0.0261. The SMILES string of the molecule is CCCCC/C=C\C/C=C\CCCCCCCC(=O)OCC(COC1OC(C(=O)O)C(O)C(O)C1O)OC(=O)CCCCCCCCCCCCCCCCCCCCCCCCC. The van der Waals surface area contributed by atoms with Crippen molar-refractivity contribution in [2.45, 2.75) is 282 Å². The van der Waals surface area contributed by atoms with Gasteiger partial charge in [0, 0.05) is 12.8 Å². The van der Waals surface area contributed by atoms with Gasteiger partial charge in [0.05, 0.1) is 6.61 Å². The molecule has 374 valence electrons. The average Bonchev–Trinajstić information content (AvgIpc) is 3.28. The molecule has 0 bridgehead atoms. The third kappa shape index (κ3) is 34.1. The number of carbonyl (C=O) groups is 3. The number of aliphatic hydroxyl groups excluding tert-OH is 3. The summed E-state index contributed by atoms with van der Waals surface area (Å²) in [5.74, 6) is -2.45. The predicted octanol–water partition coefficient (Wildman–Crippen LogP) is 12.5. The van der Waals surface area contributed by atoms with Crippen molar-refractivity contribution in [2.24, 2.45) is 0 Å². The molecule has 6 atom stereocenters. The van der Waals surface area contributed by atoms with Gasteiger partial charge in [-0.25, -0.2) is 4.79 Å². The fourth-order valence-corrected chi connectivity index (χ4v) is 8.15. The van der Waals surface area contributed by atoms with Crippen LogP contribution in [-0.2, 0) is 33.3 Å². The van der Waals surface area contributed by atoms with Gasteiger partial charge in [-0.15, -0.1) is 0 Å². The van der Waals surface area contributed by atoms with Crippen molar-refractivity contribution in [3.05, 3.63) is 24.3 Å². The minimum atomic E-state index is -1.86. The number of carboxylic acids is 1. The second kappa shape index (κ2) is 43.3. The lowest BCUT2D eigenvalue weighted by atomic mass is 9.99. The van der Waals surface area contributed by atoms with Crippen molar-refractivity contribution in [2.75, 3.05) is 13.2 Å². The zero-order chi connectivity index (χ0) is 46.7. The van der Waals surface area contributed by atoms with E-state index in [1.807, 2.05) is 0 Å². The van der Waals surface area contributed by atoms with Gasteiger partial charge in [0.1, 0.15) is 24.9 Å². The van der Waals surface area contributed by atoms with Crippen molar-refractivity contribution in [3.63, 3.8) is 0 Å². The van der Waals surface area contributed by atoms with Crippen molar-refractivity contribution in [1.82, 2.24) is 0 Å². The van der Waals surface area contributed by atoms with Crippen LogP contribution in [0, 0.1) is 0 Å². The molecule has 11 nitrogen and oxygen atoms in total. The molecule has 4 N–H and O–H groups in total. The highest BCUT2D eigenvalue weighted by Crippen LogP contribution is 2.23. The normalized spacial score (nSPS) is 19.4. The number of aliphatic hydroxyl groups is 3. The van der Waals surface area contributed by atoms with Gasteiger partial charge in [0.15, 0.2) is 18.5 Å². The summed E-state index contributed by atoms with van der Waals surface area (Å²) in [6.45, 7) is 3.81. The predicted molar refractivity (Wildman–Crippen MR) is 257 cm³/mol. The van der Waals surface area contributed by atoms with Crippen LogP contribution in [0.4, 0.5) is 0 Å². The lowest BCUT2D eigenvalue weighted by Crippen LogP contribution is -2.60. The molecule has 11 heteroatoms. The van der Waals surface area contributed by atoms with Crippen LogP contribution in [0.3, 0.4) is 0 Å². The summed E-state index contributed by atoms with van der Waals surface area (Å²) in [5.41, 5.74) is 0. The van der Waals surface area contributed by atoms with E-state index in [0.717, 1.165) is 64.2 Å². The fourth-order valence-electron chi connectivity index (χ4n) is 8.15. The smallest absolute Gasteiger partial charge is 0.335 e. The Morgan fingerprint density at radius 3 is 1.33 bits per heavy atom. The second-order valence-electron chi connectivity index (χ2n) is 18.4. The first-order chi connectivity index (χ1) is 31.2. The first kappa shape index (κ1) is 59.7. The number of rotatable bonds is 45. The van der Waals surface area contributed by atoms with Gasteiger partial charge >= 0.3 is 17.9 Å². The van der Waals surface area contributed by atoms with Crippen LogP contribution in [-0.4, -0.2) is 88.4 Å². The Bertz CT molecular complexity index is 1160. The number of carboxylic acid groups (broad SMARTS) is 1. The molecule has 0 spiro atoms. The number of allylic oxidation sites excluding steroid dienone is 4. The number of unbranched alkanes of at least 4 members (excludes halogenated alkanes) is 30. The van der Waals surface area contributed by atoms with E-state index in [1.54, 1.807) is 0 Å². The number of hydrogen-bond donors (Lipinski definition) is 4. The van der Waals surface area contributed by atoms with Crippen molar-refractivity contribution in [3.8, 4) is 0 Å². The Balaban J connectivity index is 2.26. The second-order valence-corrected chi connectivity index (χ2v) is 18.4. The Morgan fingerprint density at radius 2 is 0.875 bits per heavy atom. The molecule has 0 amide bonds. The minimum absolute atomic E-state index is 0.185. The fraction of sp³-hybridized carbons (Fsp3) is 0.868. The molecule has 1 fully saturated rings. The van der Waals surface area contributed by atoms with Crippen molar-refractivity contribution < 1.29 is 53.8 Å². The number of hydrogen-bond acceptors (Lipinski definition) is 10. The Hall–Kier alpha value is -2.31. The summed E-state index contributed by atoms with van der Waals surface area (Å²) >= 11 is 0. The van der Waals surface area contributed by atoms with Crippen LogP contribution < -0.4 is 0 Å². The summed E-state index contributed by atoms with van der Waals surface area (Å²) in [6, 6.07) is 0. The van der Waals surface area contributed by atoms with Crippen molar-refractivity contribution >= 4 is 17.9 Å². The maximum Gasteiger partial charge on any atom is 0.335 e. The van der Waals surface area contributed by atoms with Crippen LogP contribution in [0.5, 0.6) is 0 Å². The molecular formula is C53H96O11. The van der Waals surface area contributed by atoms with Crippen LogP contribution in [0.15, 0.2) is 24.3 Å². The maximum atomic E-state index is 12.8. The first-order valence-corrected chi connectivity index (χ1v) is 26.4. The molecule has 1 rings (SSSR count). The molecule has 1 saturated heterocycles. The molecule has 0 saturated carbocycles. The number of carbonyl (C=O) groups excluding carboxylic acids is 2. The largest absolute Gasteiger partial charge is 0.479 e. The van der Waals surface area contributed by atoms with E-state index < -0.39 is 54.7 Å². The Labute approximate surface area is 389 Å². The highest BCUT2D eigenvalue weighted by Gasteiger charge is 2.47. The van der Waals surface area contributed by atoms with Crippen LogP contribution in [0.2, 0.25) is 0 Å². The number of ether oxygens (including phenoxy) is 4. The summed E-state index contributed by atoms with van der Waals surface area (Å²) in [6.07, 6.45) is 40.9. The number of esters is 2. The molecule has 0 aliphatic carbocycles. The minimum Gasteiger partial charge on any atom is -0.479 e. The van der Waals surface area contributed by atoms with Crippen LogP contribution in [0.25, 0.3) is 0 Å². The topological polar surface area (TPSA) is 169 Å². The summed E-state index contributed by atoms with van der Waals surface area (Å²) in [7, 11) is 0. The van der Waals surface area contributed by atoms with E-state index in [-0.39, 0.29) is 26.1 Å². The van der Waals surface area contributed by atoms with Crippen LogP contribution in [0.1, 0.15) is 245 Å². The average molecular weight is 909 g/mol. The first-order valence-electron chi connectivity index (χ1n) is 26.4. The van der Waals surface area contributed by atoms with Gasteiger partial charge in [-0.05, 0) is 44.9 Å². The molecular weight excluding hydrogens is 813 g/mol. The highest BCUT2D eigenvalue weighted by atomic mass is 16.7. The lowest BCUT2D eigenvalue weighted by molar-refractivity contribution is -0.298. The maximum absolute atomic E-state index is 12.8. The molecule has 1 heterocycles. The van der Waals surface area contributed by atoms with Crippen molar-refractivity contribution in [1.29, 1.82) is 0 Å². The lowest BCUT2D eigenvalue weighted by Gasteiger charge is -2.38. The molecule has 0 aromatic carbocycles. The third-order valence-corrected chi connectivity index (χ3v) is 12.3. The molecule has 6 unspecified atom stereocenters. The van der Waals surface area contributed by atoms with Gasteiger partial charge in [0.25, 0.3) is 0 Å². The standard InChI is InChI=1S/C53H96O11/c1-3-5-7-9-11-13-15-17-19-20-21-22-23-24-25-26-28-30-32-34-36-38-40-42-47(55)63-45(44-62-53-50(58)48(56)49(57)51(64-53)52(59)60)43-61-46(54)41-39-37-35-33-31-29-27-18-16-14-12-10-8-6-4-2/h12,14,18,27,45,48-51,53,56-58H,3-11,13,15-17,19-26,28-44H2,1-2H3,(H,59,60)/b14-12-,27-18-. The molecule has 0 radical (unpaired) electrons.